The van der Waals surface area contributed by atoms with Crippen LogP contribution in [0.3, 0.4) is 0 Å². The number of esters is 2. The van der Waals surface area contributed by atoms with Gasteiger partial charge < -0.3 is 44.6 Å². The van der Waals surface area contributed by atoms with Crippen molar-refractivity contribution in [3.63, 3.8) is 0 Å². The van der Waals surface area contributed by atoms with Gasteiger partial charge in [-0.1, -0.05) is 127 Å². The van der Waals surface area contributed by atoms with Crippen LogP contribution in [0, 0.1) is 0 Å². The molecule has 2 fully saturated rings. The summed E-state index contributed by atoms with van der Waals surface area (Å²) in [4.78, 5) is 35.8. The van der Waals surface area contributed by atoms with Crippen molar-refractivity contribution in [3.05, 3.63) is 48.6 Å². The average Bonchev–Trinajstić information content (AvgIpc) is 4.01. The molecule has 1 saturated carbocycles. The van der Waals surface area contributed by atoms with Crippen molar-refractivity contribution in [2.24, 2.45) is 0 Å². The Hall–Kier alpha value is -2.23. The van der Waals surface area contributed by atoms with Crippen molar-refractivity contribution in [1.29, 1.82) is 0 Å². The van der Waals surface area contributed by atoms with Crippen molar-refractivity contribution in [3.8, 4) is 0 Å². The lowest BCUT2D eigenvalue weighted by Crippen LogP contribution is -2.64. The fourth-order valence-corrected chi connectivity index (χ4v) is 8.05. The summed E-state index contributed by atoms with van der Waals surface area (Å²) < 4.78 is 39.3. The molecule has 1 aliphatic carbocycles. The lowest BCUT2D eigenvalue weighted by Gasteiger charge is -2.41. The molecule has 14 nitrogen and oxygen atoms in total. The number of unbranched alkanes of at least 4 members (excludes halogenated alkanes) is 15. The van der Waals surface area contributed by atoms with Gasteiger partial charge in [-0.15, -0.1) is 0 Å². The Morgan fingerprint density at radius 1 is 0.565 bits per heavy atom. The van der Waals surface area contributed by atoms with E-state index in [4.69, 9.17) is 23.3 Å². The lowest BCUT2D eigenvalue weighted by molar-refractivity contribution is -0.220. The molecule has 1 saturated heterocycles. The van der Waals surface area contributed by atoms with Crippen LogP contribution in [0.5, 0.6) is 0 Å². The van der Waals surface area contributed by atoms with E-state index in [1.54, 1.807) is 0 Å². The van der Waals surface area contributed by atoms with Gasteiger partial charge >= 0.3 is 19.8 Å². The van der Waals surface area contributed by atoms with Crippen LogP contribution in [0.15, 0.2) is 48.6 Å². The Morgan fingerprint density at radius 3 is 1.65 bits per heavy atom. The van der Waals surface area contributed by atoms with Crippen LogP contribution >= 0.6 is 7.82 Å². The molecular formula is C47H81O14P. The van der Waals surface area contributed by atoms with E-state index in [1.807, 2.05) is 12.2 Å². The van der Waals surface area contributed by atoms with Gasteiger partial charge in [-0.25, -0.2) is 4.57 Å². The van der Waals surface area contributed by atoms with Crippen LogP contribution in [0.25, 0.3) is 0 Å². The second-order valence-electron chi connectivity index (χ2n) is 16.6. The number of aliphatic hydroxyl groups is 5. The molecule has 2 aliphatic rings. The molecule has 62 heavy (non-hydrogen) atoms. The summed E-state index contributed by atoms with van der Waals surface area (Å²) >= 11 is 0. The van der Waals surface area contributed by atoms with Gasteiger partial charge in [0.05, 0.1) is 18.8 Å². The van der Waals surface area contributed by atoms with Gasteiger partial charge in [0.1, 0.15) is 43.2 Å². The molecule has 0 bridgehead atoms. The quantitative estimate of drug-likeness (QED) is 0.0114. The normalized spacial score (nSPS) is 25.5. The number of phosphoric acid groups is 1. The first-order chi connectivity index (χ1) is 29.9. The average molecular weight is 901 g/mol. The minimum Gasteiger partial charge on any atom is -0.462 e. The predicted molar refractivity (Wildman–Crippen MR) is 239 cm³/mol. The van der Waals surface area contributed by atoms with Crippen LogP contribution in [0.2, 0.25) is 0 Å². The molecule has 0 aromatic heterocycles. The third-order valence-corrected chi connectivity index (χ3v) is 12.0. The van der Waals surface area contributed by atoms with E-state index in [2.05, 4.69) is 50.3 Å². The molecule has 0 radical (unpaired) electrons. The number of aliphatic hydroxyl groups excluding tert-OH is 5. The van der Waals surface area contributed by atoms with E-state index in [9.17, 15) is 44.6 Å². The number of rotatable bonds is 37. The minimum absolute atomic E-state index is 0.0753. The van der Waals surface area contributed by atoms with Gasteiger partial charge in [0.15, 0.2) is 6.10 Å². The first kappa shape index (κ1) is 55.9. The molecule has 0 aromatic rings. The van der Waals surface area contributed by atoms with Crippen molar-refractivity contribution >= 4 is 19.8 Å². The van der Waals surface area contributed by atoms with E-state index in [0.29, 0.717) is 19.3 Å². The second-order valence-corrected chi connectivity index (χ2v) is 18.0. The molecule has 1 heterocycles. The smallest absolute Gasteiger partial charge is 0.462 e. The largest absolute Gasteiger partial charge is 0.472 e. The topological polar surface area (TPSA) is 222 Å². The van der Waals surface area contributed by atoms with E-state index in [0.717, 1.165) is 77.0 Å². The first-order valence-electron chi connectivity index (χ1n) is 23.6. The van der Waals surface area contributed by atoms with E-state index >= 15 is 0 Å². The Labute approximate surface area is 371 Å². The molecular weight excluding hydrogens is 819 g/mol. The van der Waals surface area contributed by atoms with Crippen molar-refractivity contribution in [2.45, 2.75) is 223 Å². The Bertz CT molecular complexity index is 1340. The summed E-state index contributed by atoms with van der Waals surface area (Å²) in [5, 5.41) is 50.2. The molecule has 2 rings (SSSR count). The molecule has 15 heteroatoms. The van der Waals surface area contributed by atoms with Crippen LogP contribution in [0.4, 0.5) is 0 Å². The van der Waals surface area contributed by atoms with Gasteiger partial charge in [0, 0.05) is 12.8 Å². The number of carbonyl (C=O) groups is 2. The fraction of sp³-hybridized carbons (Fsp3) is 0.787. The number of epoxide rings is 1. The molecule has 5 unspecified atom stereocenters. The van der Waals surface area contributed by atoms with Gasteiger partial charge in [-0.05, 0) is 77.0 Å². The number of phosphoric ester groups is 1. The van der Waals surface area contributed by atoms with Gasteiger partial charge in [0.2, 0.25) is 0 Å². The highest BCUT2D eigenvalue weighted by Gasteiger charge is 2.51. The van der Waals surface area contributed by atoms with Crippen LogP contribution < -0.4 is 0 Å². The number of hydrogen-bond donors (Lipinski definition) is 6. The van der Waals surface area contributed by atoms with Gasteiger partial charge in [0.25, 0.3) is 0 Å². The molecule has 0 spiro atoms. The highest BCUT2D eigenvalue weighted by molar-refractivity contribution is 7.47. The number of ether oxygens (including phenoxy) is 3. The highest BCUT2D eigenvalue weighted by atomic mass is 31.2. The third kappa shape index (κ3) is 25.9. The van der Waals surface area contributed by atoms with Crippen molar-refractivity contribution in [2.75, 3.05) is 13.2 Å². The van der Waals surface area contributed by atoms with Crippen LogP contribution in [-0.4, -0.2) is 111 Å². The van der Waals surface area contributed by atoms with Crippen molar-refractivity contribution in [1.82, 2.24) is 0 Å². The second kappa shape index (κ2) is 34.2. The maximum Gasteiger partial charge on any atom is 0.472 e. The fourth-order valence-electron chi connectivity index (χ4n) is 7.08. The first-order valence-corrected chi connectivity index (χ1v) is 25.1. The minimum atomic E-state index is -5.14. The Morgan fingerprint density at radius 2 is 1.02 bits per heavy atom. The summed E-state index contributed by atoms with van der Waals surface area (Å²) in [6.07, 6.45) is 27.6. The predicted octanol–water partition coefficient (Wildman–Crippen LogP) is 8.16. The van der Waals surface area contributed by atoms with Gasteiger partial charge in [-0.3, -0.25) is 18.6 Å². The monoisotopic (exact) mass is 901 g/mol. The van der Waals surface area contributed by atoms with E-state index in [-0.39, 0.29) is 25.0 Å². The zero-order chi connectivity index (χ0) is 45.4. The van der Waals surface area contributed by atoms with E-state index < -0.39 is 75.7 Å². The Kier molecular flexibility index (Phi) is 30.8. The van der Waals surface area contributed by atoms with Gasteiger partial charge in [-0.2, -0.15) is 0 Å². The molecule has 6 N–H and O–H groups in total. The number of allylic oxidation sites excluding steroid dienone is 6. The zero-order valence-electron chi connectivity index (χ0n) is 37.6. The zero-order valence-corrected chi connectivity index (χ0v) is 38.5. The van der Waals surface area contributed by atoms with Crippen LogP contribution in [-0.2, 0) is 37.4 Å². The molecule has 358 valence electrons. The third-order valence-electron chi connectivity index (χ3n) is 11.0. The van der Waals surface area contributed by atoms with Crippen molar-refractivity contribution < 1.29 is 67.8 Å². The Balaban J connectivity index is 1.73. The standard InChI is InChI=1S/C47H81O14P/c1-3-5-7-9-11-13-14-15-16-17-18-20-22-24-30-34-41(49)59-37(36-58-62(55,56)61-47-45(53)43(51)42(50)44(52)46(47)54)35-57-40(48)33-29-26-25-28-32-39-38(60-39)31-27-23-21-19-12-10-8-6-4-2/h12-14,19,23,25,27-28,37-39,42-47,50-54H,3-11,15-18,20-22,24,26,29-36H2,1-2H3,(H,55,56)/b14-13-,19-12-,27-23-,28-25-/t37-,38?,39?,42?,43-,44+,45-,46-,47?/m1/s1. The molecule has 0 aromatic carbocycles. The molecule has 10 atom stereocenters. The SMILES string of the molecule is CCCCC/C=C\C/C=C\CC1OC1C/C=C\CCCC(=O)OC[C@H](COP(=O)(O)OC1[C@H](O)[C@H](O)C(O)[C@H](O)[C@H]1O)OC(=O)CCCCCCCCC/C=C\CCCCCC. The maximum atomic E-state index is 12.8. The number of hydrogen-bond acceptors (Lipinski definition) is 13. The maximum absolute atomic E-state index is 12.8. The number of carbonyl (C=O) groups excluding carboxylic acids is 2. The highest BCUT2D eigenvalue weighted by Crippen LogP contribution is 2.47. The summed E-state index contributed by atoms with van der Waals surface area (Å²) in [5.74, 6) is -1.18. The summed E-state index contributed by atoms with van der Waals surface area (Å²) in [5.41, 5.74) is 0. The summed E-state index contributed by atoms with van der Waals surface area (Å²) in [7, 11) is -5.14. The summed E-state index contributed by atoms with van der Waals surface area (Å²) in [6, 6.07) is 0. The lowest BCUT2D eigenvalue weighted by atomic mass is 9.85. The van der Waals surface area contributed by atoms with Crippen LogP contribution in [0.1, 0.15) is 168 Å². The summed E-state index contributed by atoms with van der Waals surface area (Å²) in [6.45, 7) is 3.19. The molecule has 1 aliphatic heterocycles. The van der Waals surface area contributed by atoms with E-state index in [1.165, 1.54) is 44.9 Å². The molecule has 0 amide bonds.